The lowest BCUT2D eigenvalue weighted by molar-refractivity contribution is -0.135. The number of aliphatic carboxylic acids is 1. The van der Waals surface area contributed by atoms with E-state index >= 15 is 0 Å². The molecule has 0 fully saturated rings. The van der Waals surface area contributed by atoms with Crippen molar-refractivity contribution in [1.82, 2.24) is 14.6 Å². The third-order valence-electron chi connectivity index (χ3n) is 1.90. The van der Waals surface area contributed by atoms with E-state index in [1.165, 1.54) is 0 Å². The Morgan fingerprint density at radius 2 is 2.47 bits per heavy atom. The van der Waals surface area contributed by atoms with Crippen LogP contribution < -0.4 is 0 Å². The van der Waals surface area contributed by atoms with Crippen LogP contribution in [0.15, 0.2) is 30.7 Å². The summed E-state index contributed by atoms with van der Waals surface area (Å²) in [4.78, 5) is 14.4. The zero-order valence-electron chi connectivity index (χ0n) is 7.87. The summed E-state index contributed by atoms with van der Waals surface area (Å²) in [6.07, 6.45) is 8.41. The number of carbonyl (C=O) groups is 1. The Balaban J connectivity index is 2.28. The van der Waals surface area contributed by atoms with E-state index in [4.69, 9.17) is 5.11 Å². The smallest absolute Gasteiger partial charge is 0.307 e. The summed E-state index contributed by atoms with van der Waals surface area (Å²) in [5.74, 6) is -0.851. The van der Waals surface area contributed by atoms with Crippen LogP contribution in [0.25, 0.3) is 11.7 Å². The molecule has 2 aromatic heterocycles. The van der Waals surface area contributed by atoms with Crippen LogP contribution in [0.2, 0.25) is 0 Å². The lowest BCUT2D eigenvalue weighted by Crippen LogP contribution is -1.90. The molecule has 0 aromatic carbocycles. The minimum absolute atomic E-state index is 0.00414. The van der Waals surface area contributed by atoms with Crippen LogP contribution in [0.4, 0.5) is 0 Å². The standard InChI is InChI=1S/C10H9N3O2/c14-9(15)4-1-3-8-7-12-13-6-2-5-11-10(8)13/h1-3,5-7H,4H2,(H,14,15). The Kier molecular flexibility index (Phi) is 2.45. The van der Waals surface area contributed by atoms with Crippen LogP contribution in [-0.2, 0) is 4.79 Å². The van der Waals surface area contributed by atoms with Crippen molar-refractivity contribution in [3.63, 3.8) is 0 Å². The van der Waals surface area contributed by atoms with Crippen LogP contribution in [0.3, 0.4) is 0 Å². The number of fused-ring (bicyclic) bond motifs is 1. The van der Waals surface area contributed by atoms with E-state index in [1.54, 1.807) is 41.3 Å². The highest BCUT2D eigenvalue weighted by Crippen LogP contribution is 2.08. The number of rotatable bonds is 3. The second-order valence-corrected chi connectivity index (χ2v) is 2.99. The minimum Gasteiger partial charge on any atom is -0.481 e. The number of nitrogens with zero attached hydrogens (tertiary/aromatic N) is 3. The third kappa shape index (κ3) is 2.01. The first-order valence-electron chi connectivity index (χ1n) is 4.44. The summed E-state index contributed by atoms with van der Waals surface area (Å²) >= 11 is 0. The fourth-order valence-electron chi connectivity index (χ4n) is 1.25. The molecule has 0 aliphatic carbocycles. The summed E-state index contributed by atoms with van der Waals surface area (Å²) in [6, 6.07) is 1.78. The summed E-state index contributed by atoms with van der Waals surface area (Å²) in [5.41, 5.74) is 1.54. The van der Waals surface area contributed by atoms with Crippen LogP contribution in [-0.4, -0.2) is 25.7 Å². The highest BCUT2D eigenvalue weighted by molar-refractivity contribution is 5.72. The van der Waals surface area contributed by atoms with Gasteiger partial charge >= 0.3 is 5.97 Å². The van der Waals surface area contributed by atoms with Gasteiger partial charge in [-0.25, -0.2) is 9.50 Å². The lowest BCUT2D eigenvalue weighted by atomic mass is 10.3. The van der Waals surface area contributed by atoms with Crippen molar-refractivity contribution < 1.29 is 9.90 Å². The van der Waals surface area contributed by atoms with Crippen molar-refractivity contribution >= 4 is 17.7 Å². The van der Waals surface area contributed by atoms with Crippen LogP contribution in [0.5, 0.6) is 0 Å². The van der Waals surface area contributed by atoms with Crippen molar-refractivity contribution in [2.24, 2.45) is 0 Å². The van der Waals surface area contributed by atoms with Gasteiger partial charge in [0, 0.05) is 18.0 Å². The molecule has 0 saturated carbocycles. The molecule has 0 radical (unpaired) electrons. The second-order valence-electron chi connectivity index (χ2n) is 2.99. The number of aromatic nitrogens is 3. The number of carboxylic acids is 1. The van der Waals surface area contributed by atoms with Gasteiger partial charge in [-0.3, -0.25) is 4.79 Å². The average molecular weight is 203 g/mol. The molecule has 0 unspecified atom stereocenters. The van der Waals surface area contributed by atoms with Gasteiger partial charge in [0.25, 0.3) is 0 Å². The Labute approximate surface area is 85.7 Å². The Bertz CT molecular complexity index is 516. The largest absolute Gasteiger partial charge is 0.481 e. The molecule has 1 N–H and O–H groups in total. The molecule has 15 heavy (non-hydrogen) atoms. The molecule has 76 valence electrons. The molecule has 0 bridgehead atoms. The predicted molar refractivity (Wildman–Crippen MR) is 54.3 cm³/mol. The molecule has 5 heteroatoms. The normalized spacial score (nSPS) is 11.2. The maximum Gasteiger partial charge on any atom is 0.307 e. The molecule has 0 spiro atoms. The molecule has 0 aliphatic rings. The van der Waals surface area contributed by atoms with E-state index in [1.807, 2.05) is 0 Å². The zero-order chi connectivity index (χ0) is 10.7. The quantitative estimate of drug-likeness (QED) is 0.814. The van der Waals surface area contributed by atoms with Gasteiger partial charge in [0.1, 0.15) is 0 Å². The van der Waals surface area contributed by atoms with Gasteiger partial charge in [-0.2, -0.15) is 5.10 Å². The Morgan fingerprint density at radius 1 is 1.60 bits per heavy atom. The Hall–Kier alpha value is -2.17. The Morgan fingerprint density at radius 3 is 3.27 bits per heavy atom. The second kappa shape index (κ2) is 3.91. The fraction of sp³-hybridized carbons (Fsp3) is 0.100. The zero-order valence-corrected chi connectivity index (χ0v) is 7.87. The number of hydrogen-bond donors (Lipinski definition) is 1. The molecule has 2 rings (SSSR count). The van der Waals surface area contributed by atoms with Gasteiger partial charge in [0.15, 0.2) is 5.65 Å². The van der Waals surface area contributed by atoms with Crippen molar-refractivity contribution in [2.75, 3.05) is 0 Å². The van der Waals surface area contributed by atoms with Crippen LogP contribution in [0, 0.1) is 0 Å². The lowest BCUT2D eigenvalue weighted by Gasteiger charge is -1.90. The van der Waals surface area contributed by atoms with E-state index in [2.05, 4.69) is 10.1 Å². The van der Waals surface area contributed by atoms with Crippen LogP contribution >= 0.6 is 0 Å². The molecular formula is C10H9N3O2. The maximum atomic E-state index is 10.3. The fourth-order valence-corrected chi connectivity index (χ4v) is 1.25. The number of hydrogen-bond acceptors (Lipinski definition) is 3. The summed E-state index contributed by atoms with van der Waals surface area (Å²) < 4.78 is 1.64. The first-order chi connectivity index (χ1) is 7.27. The first kappa shape index (κ1) is 9.39. The van der Waals surface area contributed by atoms with Crippen molar-refractivity contribution in [1.29, 1.82) is 0 Å². The highest BCUT2D eigenvalue weighted by Gasteiger charge is 2.00. The molecule has 2 heterocycles. The SMILES string of the molecule is O=C(O)CC=Cc1cnn2cccnc12. The molecule has 0 aliphatic heterocycles. The van der Waals surface area contributed by atoms with Crippen molar-refractivity contribution in [3.8, 4) is 0 Å². The van der Waals surface area contributed by atoms with E-state index in [0.717, 1.165) is 11.2 Å². The minimum atomic E-state index is -0.851. The van der Waals surface area contributed by atoms with Gasteiger partial charge in [0.05, 0.1) is 12.6 Å². The molecule has 0 amide bonds. The van der Waals surface area contributed by atoms with E-state index in [-0.39, 0.29) is 6.42 Å². The maximum absolute atomic E-state index is 10.3. The summed E-state index contributed by atoms with van der Waals surface area (Å²) in [7, 11) is 0. The molecule has 0 atom stereocenters. The average Bonchev–Trinajstić information content (AvgIpc) is 2.62. The van der Waals surface area contributed by atoms with Gasteiger partial charge in [-0.05, 0) is 6.07 Å². The summed E-state index contributed by atoms with van der Waals surface area (Å²) in [6.45, 7) is 0. The van der Waals surface area contributed by atoms with E-state index in [0.29, 0.717) is 0 Å². The van der Waals surface area contributed by atoms with Crippen LogP contribution in [0.1, 0.15) is 12.0 Å². The van der Waals surface area contributed by atoms with Gasteiger partial charge < -0.3 is 5.11 Å². The number of carboxylic acid groups (broad SMARTS) is 1. The molecule has 2 aromatic rings. The highest BCUT2D eigenvalue weighted by atomic mass is 16.4. The van der Waals surface area contributed by atoms with E-state index in [9.17, 15) is 4.79 Å². The first-order valence-corrected chi connectivity index (χ1v) is 4.44. The third-order valence-corrected chi connectivity index (χ3v) is 1.90. The summed E-state index contributed by atoms with van der Waals surface area (Å²) in [5, 5.41) is 12.5. The molecular weight excluding hydrogens is 194 g/mol. The van der Waals surface area contributed by atoms with Crippen molar-refractivity contribution in [2.45, 2.75) is 6.42 Å². The topological polar surface area (TPSA) is 67.5 Å². The van der Waals surface area contributed by atoms with Crippen molar-refractivity contribution in [3.05, 3.63) is 36.3 Å². The monoisotopic (exact) mass is 203 g/mol. The molecule has 5 nitrogen and oxygen atoms in total. The predicted octanol–water partition coefficient (Wildman–Crippen LogP) is 1.22. The van der Waals surface area contributed by atoms with E-state index < -0.39 is 5.97 Å². The van der Waals surface area contributed by atoms with Gasteiger partial charge in [-0.1, -0.05) is 12.2 Å². The molecule has 0 saturated heterocycles. The van der Waals surface area contributed by atoms with Gasteiger partial charge in [0.2, 0.25) is 0 Å². The van der Waals surface area contributed by atoms with Gasteiger partial charge in [-0.15, -0.1) is 0 Å².